The van der Waals surface area contributed by atoms with Crippen molar-refractivity contribution >= 4 is 29.5 Å². The number of nitrogens with one attached hydrogen (secondary N) is 4. The second-order valence-corrected chi connectivity index (χ2v) is 7.10. The number of anilines is 1. The van der Waals surface area contributed by atoms with E-state index in [0.717, 1.165) is 0 Å². The zero-order valence-corrected chi connectivity index (χ0v) is 16.5. The molecule has 1 rings (SSSR count). The molecular formula is C19H28N4O5. The zero-order chi connectivity index (χ0) is 21.3. The molecule has 9 heteroatoms. The predicted molar refractivity (Wildman–Crippen MR) is 105 cm³/mol. The summed E-state index contributed by atoms with van der Waals surface area (Å²) >= 11 is 0. The summed E-state index contributed by atoms with van der Waals surface area (Å²) in [6.45, 7) is 7.05. The molecule has 1 aromatic rings. The van der Waals surface area contributed by atoms with E-state index in [0.29, 0.717) is 17.7 Å². The maximum atomic E-state index is 12.1. The highest BCUT2D eigenvalue weighted by atomic mass is 16.4. The number of hydrogen-bond acceptors (Lipinski definition) is 4. The third-order valence-corrected chi connectivity index (χ3v) is 3.57. The van der Waals surface area contributed by atoms with Crippen LogP contribution >= 0.6 is 0 Å². The molecule has 0 fully saturated rings. The number of carboxylic acids is 1. The Bertz CT molecular complexity index is 701. The van der Waals surface area contributed by atoms with Crippen molar-refractivity contribution in [3.05, 3.63) is 29.8 Å². The molecule has 0 aliphatic rings. The highest BCUT2D eigenvalue weighted by molar-refractivity contribution is 5.97. The molecule has 1 atom stereocenters. The van der Waals surface area contributed by atoms with Crippen LogP contribution in [0.1, 0.15) is 44.5 Å². The van der Waals surface area contributed by atoms with E-state index in [1.807, 2.05) is 27.7 Å². The van der Waals surface area contributed by atoms with Gasteiger partial charge in [-0.05, 0) is 50.5 Å². The number of urea groups is 1. The van der Waals surface area contributed by atoms with Crippen LogP contribution in [0, 0.1) is 5.92 Å². The first kappa shape index (κ1) is 22.9. The van der Waals surface area contributed by atoms with Crippen molar-refractivity contribution in [1.82, 2.24) is 16.0 Å². The van der Waals surface area contributed by atoms with Gasteiger partial charge < -0.3 is 26.4 Å². The molecule has 1 aromatic carbocycles. The summed E-state index contributed by atoms with van der Waals surface area (Å²) < 4.78 is 0. The van der Waals surface area contributed by atoms with Gasteiger partial charge in [0, 0.05) is 17.3 Å². The molecule has 0 aliphatic carbocycles. The van der Waals surface area contributed by atoms with E-state index in [9.17, 15) is 19.2 Å². The standard InChI is InChI=1S/C19H28N4O5/c1-11(2)9-15(18(26)27)23-16(24)10-20-17(25)13-5-7-14(8-6-13)22-19(28)21-12(3)4/h5-8,11-12,15H,9-10H2,1-4H3,(H,20,25)(H,23,24)(H,26,27)(H2,21,22,28)/t15-/m0/s1. The number of benzene rings is 1. The van der Waals surface area contributed by atoms with E-state index in [4.69, 9.17) is 5.11 Å². The fraction of sp³-hybridized carbons (Fsp3) is 0.474. The van der Waals surface area contributed by atoms with Gasteiger partial charge in [0.25, 0.3) is 5.91 Å². The maximum Gasteiger partial charge on any atom is 0.326 e. The maximum absolute atomic E-state index is 12.1. The first-order chi connectivity index (χ1) is 13.1. The molecule has 0 spiro atoms. The lowest BCUT2D eigenvalue weighted by Gasteiger charge is -2.16. The minimum Gasteiger partial charge on any atom is -0.480 e. The van der Waals surface area contributed by atoms with Gasteiger partial charge in [0.2, 0.25) is 5.91 Å². The van der Waals surface area contributed by atoms with Crippen molar-refractivity contribution in [2.45, 2.75) is 46.2 Å². The monoisotopic (exact) mass is 392 g/mol. The number of rotatable bonds is 9. The summed E-state index contributed by atoms with van der Waals surface area (Å²) in [4.78, 5) is 46.8. The normalized spacial score (nSPS) is 11.6. The Morgan fingerprint density at radius 1 is 0.964 bits per heavy atom. The van der Waals surface area contributed by atoms with Gasteiger partial charge in [0.1, 0.15) is 6.04 Å². The molecule has 0 aromatic heterocycles. The van der Waals surface area contributed by atoms with Gasteiger partial charge in [-0.25, -0.2) is 9.59 Å². The second-order valence-electron chi connectivity index (χ2n) is 7.10. The first-order valence-corrected chi connectivity index (χ1v) is 9.06. The fourth-order valence-electron chi connectivity index (χ4n) is 2.34. The summed E-state index contributed by atoms with van der Waals surface area (Å²) in [7, 11) is 0. The van der Waals surface area contributed by atoms with Crippen LogP contribution in [0.15, 0.2) is 24.3 Å². The van der Waals surface area contributed by atoms with Crippen LogP contribution < -0.4 is 21.3 Å². The molecule has 0 radical (unpaired) electrons. The second kappa shape index (κ2) is 10.9. The number of carboxylic acid groups (broad SMARTS) is 1. The van der Waals surface area contributed by atoms with Crippen LogP contribution in [-0.4, -0.2) is 47.5 Å². The molecule has 0 aliphatic heterocycles. The Labute approximate surface area is 164 Å². The highest BCUT2D eigenvalue weighted by Crippen LogP contribution is 2.09. The van der Waals surface area contributed by atoms with Gasteiger partial charge >= 0.3 is 12.0 Å². The van der Waals surface area contributed by atoms with Crippen LogP contribution in [0.25, 0.3) is 0 Å². The van der Waals surface area contributed by atoms with Crippen molar-refractivity contribution in [3.8, 4) is 0 Å². The third-order valence-electron chi connectivity index (χ3n) is 3.57. The average molecular weight is 392 g/mol. The predicted octanol–water partition coefficient (Wildman–Crippen LogP) is 1.56. The largest absolute Gasteiger partial charge is 0.480 e. The summed E-state index contributed by atoms with van der Waals surface area (Å²) in [6.07, 6.45) is 0.299. The van der Waals surface area contributed by atoms with Gasteiger partial charge in [0.05, 0.1) is 6.54 Å². The number of amides is 4. The van der Waals surface area contributed by atoms with Gasteiger partial charge in [-0.15, -0.1) is 0 Å². The number of carbonyl (C=O) groups is 4. The Morgan fingerprint density at radius 3 is 2.07 bits per heavy atom. The van der Waals surface area contributed by atoms with Crippen molar-refractivity contribution in [2.75, 3.05) is 11.9 Å². The zero-order valence-electron chi connectivity index (χ0n) is 16.5. The summed E-state index contributed by atoms with van der Waals surface area (Å²) in [6, 6.07) is 4.81. The van der Waals surface area contributed by atoms with Crippen LogP contribution in [0.2, 0.25) is 0 Å². The van der Waals surface area contributed by atoms with Crippen LogP contribution in [-0.2, 0) is 9.59 Å². The van der Waals surface area contributed by atoms with E-state index in [-0.39, 0.29) is 24.5 Å². The number of hydrogen-bond donors (Lipinski definition) is 5. The van der Waals surface area contributed by atoms with Crippen molar-refractivity contribution in [2.24, 2.45) is 5.92 Å². The molecule has 154 valence electrons. The topological polar surface area (TPSA) is 137 Å². The Kier molecular flexibility index (Phi) is 8.94. The van der Waals surface area contributed by atoms with Gasteiger partial charge in [0.15, 0.2) is 0 Å². The molecule has 4 amide bonds. The smallest absolute Gasteiger partial charge is 0.326 e. The lowest BCUT2D eigenvalue weighted by Crippen LogP contribution is -2.46. The lowest BCUT2D eigenvalue weighted by atomic mass is 10.0. The minimum atomic E-state index is -1.11. The van der Waals surface area contributed by atoms with Crippen molar-refractivity contribution in [1.29, 1.82) is 0 Å². The van der Waals surface area contributed by atoms with E-state index in [1.165, 1.54) is 12.1 Å². The van der Waals surface area contributed by atoms with E-state index >= 15 is 0 Å². The lowest BCUT2D eigenvalue weighted by molar-refractivity contribution is -0.142. The third kappa shape index (κ3) is 8.52. The van der Waals surface area contributed by atoms with Gasteiger partial charge in [-0.1, -0.05) is 13.8 Å². The molecule has 9 nitrogen and oxygen atoms in total. The van der Waals surface area contributed by atoms with Crippen molar-refractivity contribution in [3.63, 3.8) is 0 Å². The summed E-state index contributed by atoms with van der Waals surface area (Å²) in [5, 5.41) is 19.3. The van der Waals surface area contributed by atoms with E-state index in [1.54, 1.807) is 12.1 Å². The Hall–Kier alpha value is -3.10. The average Bonchev–Trinajstić information content (AvgIpc) is 2.58. The van der Waals surface area contributed by atoms with Crippen LogP contribution in [0.3, 0.4) is 0 Å². The Morgan fingerprint density at radius 2 is 1.57 bits per heavy atom. The van der Waals surface area contributed by atoms with E-state index < -0.39 is 23.8 Å². The van der Waals surface area contributed by atoms with Crippen LogP contribution in [0.4, 0.5) is 10.5 Å². The summed E-state index contributed by atoms with van der Waals surface area (Å²) in [5.74, 6) is -2.07. The molecule has 0 heterocycles. The quantitative estimate of drug-likeness (QED) is 0.434. The number of aliphatic carboxylic acids is 1. The Balaban J connectivity index is 2.53. The van der Waals surface area contributed by atoms with Crippen LogP contribution in [0.5, 0.6) is 0 Å². The number of carbonyl (C=O) groups excluding carboxylic acids is 3. The molecule has 0 bridgehead atoms. The first-order valence-electron chi connectivity index (χ1n) is 9.06. The molecular weight excluding hydrogens is 364 g/mol. The molecule has 0 saturated heterocycles. The van der Waals surface area contributed by atoms with Gasteiger partial charge in [-0.2, -0.15) is 0 Å². The molecule has 28 heavy (non-hydrogen) atoms. The van der Waals surface area contributed by atoms with Gasteiger partial charge in [-0.3, -0.25) is 9.59 Å². The highest BCUT2D eigenvalue weighted by Gasteiger charge is 2.21. The van der Waals surface area contributed by atoms with Crippen molar-refractivity contribution < 1.29 is 24.3 Å². The van der Waals surface area contributed by atoms with E-state index in [2.05, 4.69) is 21.3 Å². The minimum absolute atomic E-state index is 0.00235. The SMILES string of the molecule is CC(C)C[C@H](NC(=O)CNC(=O)c1ccc(NC(=O)NC(C)C)cc1)C(=O)O. The molecule has 5 N–H and O–H groups in total. The summed E-state index contributed by atoms with van der Waals surface area (Å²) in [5.41, 5.74) is 0.824. The fourth-order valence-corrected chi connectivity index (χ4v) is 2.34. The molecule has 0 saturated carbocycles. The molecule has 0 unspecified atom stereocenters.